The molecule has 7 nitrogen and oxygen atoms in total. The highest BCUT2D eigenvalue weighted by Gasteiger charge is 2.34. The number of methoxy groups -OCH3 is 1. The SMILES string of the molecule is COC1CCC(CC(=O)N2CCOCC2c2nnc(C(C)C)o2)CC1. The summed E-state index contributed by atoms with van der Waals surface area (Å²) in [4.78, 5) is 14.8. The quantitative estimate of drug-likeness (QED) is 0.812. The number of carbonyl (C=O) groups excluding carboxylic acids is 1. The molecule has 25 heavy (non-hydrogen) atoms. The Bertz CT molecular complexity index is 566. The van der Waals surface area contributed by atoms with E-state index in [0.29, 0.717) is 50.0 Å². The molecule has 1 saturated carbocycles. The first kappa shape index (κ1) is 18.3. The predicted octanol–water partition coefficient (Wildman–Crippen LogP) is 2.69. The normalized spacial score (nSPS) is 27.7. The van der Waals surface area contributed by atoms with Crippen LogP contribution < -0.4 is 0 Å². The van der Waals surface area contributed by atoms with Crippen molar-refractivity contribution in [2.75, 3.05) is 26.9 Å². The Balaban J connectivity index is 1.62. The molecule has 0 N–H and O–H groups in total. The van der Waals surface area contributed by atoms with Gasteiger partial charge in [0.25, 0.3) is 0 Å². The van der Waals surface area contributed by atoms with Crippen LogP contribution in [0.4, 0.5) is 0 Å². The van der Waals surface area contributed by atoms with Gasteiger partial charge in [0.1, 0.15) is 6.04 Å². The summed E-state index contributed by atoms with van der Waals surface area (Å²) in [6, 6.07) is -0.267. The Labute approximate surface area is 149 Å². The molecule has 1 aliphatic heterocycles. The van der Waals surface area contributed by atoms with Gasteiger partial charge in [0.15, 0.2) is 0 Å². The van der Waals surface area contributed by atoms with Gasteiger partial charge in [-0.3, -0.25) is 4.79 Å². The largest absolute Gasteiger partial charge is 0.423 e. The smallest absolute Gasteiger partial charge is 0.241 e. The number of rotatable bonds is 5. The topological polar surface area (TPSA) is 77.7 Å². The summed E-state index contributed by atoms with van der Waals surface area (Å²) < 4.78 is 16.8. The molecule has 2 aliphatic rings. The van der Waals surface area contributed by atoms with Crippen LogP contribution in [0.2, 0.25) is 0 Å². The van der Waals surface area contributed by atoms with Crippen molar-refractivity contribution in [3.8, 4) is 0 Å². The minimum atomic E-state index is -0.267. The second kappa shape index (κ2) is 8.27. The average Bonchev–Trinajstić information content (AvgIpc) is 3.12. The van der Waals surface area contributed by atoms with Crippen molar-refractivity contribution in [1.29, 1.82) is 0 Å². The summed E-state index contributed by atoms with van der Waals surface area (Å²) in [5, 5.41) is 8.25. The number of carbonyl (C=O) groups is 1. The maximum atomic E-state index is 12.9. The highest BCUT2D eigenvalue weighted by molar-refractivity contribution is 5.77. The molecular formula is C18H29N3O4. The van der Waals surface area contributed by atoms with E-state index in [-0.39, 0.29) is 17.9 Å². The lowest BCUT2D eigenvalue weighted by atomic mass is 9.85. The minimum Gasteiger partial charge on any atom is -0.423 e. The van der Waals surface area contributed by atoms with Crippen LogP contribution in [0.1, 0.15) is 69.7 Å². The average molecular weight is 351 g/mol. The molecule has 0 aromatic carbocycles. The molecule has 0 bridgehead atoms. The summed E-state index contributed by atoms with van der Waals surface area (Å²) in [5.74, 6) is 1.87. The molecule has 2 heterocycles. The molecular weight excluding hydrogens is 322 g/mol. The fourth-order valence-corrected chi connectivity index (χ4v) is 3.66. The summed E-state index contributed by atoms with van der Waals surface area (Å²) >= 11 is 0. The van der Waals surface area contributed by atoms with Crippen LogP contribution in [0.5, 0.6) is 0 Å². The van der Waals surface area contributed by atoms with E-state index in [1.54, 1.807) is 7.11 Å². The lowest BCUT2D eigenvalue weighted by Gasteiger charge is -2.35. The molecule has 140 valence electrons. The Morgan fingerprint density at radius 3 is 2.68 bits per heavy atom. The third-order valence-corrected chi connectivity index (χ3v) is 5.27. The highest BCUT2D eigenvalue weighted by Crippen LogP contribution is 2.31. The lowest BCUT2D eigenvalue weighted by molar-refractivity contribution is -0.142. The predicted molar refractivity (Wildman–Crippen MR) is 91.0 cm³/mol. The summed E-state index contributed by atoms with van der Waals surface area (Å²) in [6.45, 7) is 5.57. The number of nitrogens with zero attached hydrogens (tertiary/aromatic N) is 3. The van der Waals surface area contributed by atoms with Gasteiger partial charge in [-0.2, -0.15) is 0 Å². The number of aromatic nitrogens is 2. The number of hydrogen-bond donors (Lipinski definition) is 0. The van der Waals surface area contributed by atoms with Crippen molar-refractivity contribution in [2.45, 2.75) is 64.0 Å². The van der Waals surface area contributed by atoms with Crippen LogP contribution in [0.3, 0.4) is 0 Å². The first-order valence-electron chi connectivity index (χ1n) is 9.31. The van der Waals surface area contributed by atoms with E-state index in [1.807, 2.05) is 18.7 Å². The van der Waals surface area contributed by atoms with Crippen LogP contribution in [0.15, 0.2) is 4.42 Å². The Hall–Kier alpha value is -1.47. The van der Waals surface area contributed by atoms with Gasteiger partial charge >= 0.3 is 0 Å². The van der Waals surface area contributed by atoms with Crippen LogP contribution in [0, 0.1) is 5.92 Å². The van der Waals surface area contributed by atoms with Crippen LogP contribution in [0.25, 0.3) is 0 Å². The van der Waals surface area contributed by atoms with E-state index in [1.165, 1.54) is 0 Å². The van der Waals surface area contributed by atoms with Gasteiger partial charge in [0.2, 0.25) is 17.7 Å². The van der Waals surface area contributed by atoms with Gasteiger partial charge in [-0.1, -0.05) is 13.8 Å². The fraction of sp³-hybridized carbons (Fsp3) is 0.833. The van der Waals surface area contributed by atoms with Gasteiger partial charge < -0.3 is 18.8 Å². The summed E-state index contributed by atoms with van der Waals surface area (Å²) in [5.41, 5.74) is 0. The Morgan fingerprint density at radius 2 is 2.04 bits per heavy atom. The minimum absolute atomic E-state index is 0.165. The zero-order chi connectivity index (χ0) is 17.8. The molecule has 1 aromatic heterocycles. The molecule has 0 radical (unpaired) electrons. The maximum Gasteiger partial charge on any atom is 0.241 e. The zero-order valence-corrected chi connectivity index (χ0v) is 15.4. The molecule has 1 aliphatic carbocycles. The van der Waals surface area contributed by atoms with Crippen molar-refractivity contribution >= 4 is 5.91 Å². The van der Waals surface area contributed by atoms with Crippen molar-refractivity contribution in [3.63, 3.8) is 0 Å². The van der Waals surface area contributed by atoms with Crippen molar-refractivity contribution in [2.24, 2.45) is 5.92 Å². The Kier molecular flexibility index (Phi) is 6.06. The number of ether oxygens (including phenoxy) is 2. The molecule has 1 amide bonds. The van der Waals surface area contributed by atoms with E-state index in [2.05, 4.69) is 10.2 Å². The number of hydrogen-bond acceptors (Lipinski definition) is 6. The summed E-state index contributed by atoms with van der Waals surface area (Å²) in [7, 11) is 1.77. The second-order valence-electron chi connectivity index (χ2n) is 7.39. The fourth-order valence-electron chi connectivity index (χ4n) is 3.66. The maximum absolute atomic E-state index is 12.9. The van der Waals surface area contributed by atoms with Crippen LogP contribution in [-0.4, -0.2) is 54.0 Å². The molecule has 7 heteroatoms. The lowest BCUT2D eigenvalue weighted by Crippen LogP contribution is -2.44. The number of morpholine rings is 1. The Morgan fingerprint density at radius 1 is 1.28 bits per heavy atom. The summed E-state index contributed by atoms with van der Waals surface area (Å²) in [6.07, 6.45) is 5.13. The first-order valence-corrected chi connectivity index (χ1v) is 9.31. The van der Waals surface area contributed by atoms with Gasteiger partial charge in [0.05, 0.1) is 19.3 Å². The van der Waals surface area contributed by atoms with Crippen molar-refractivity contribution < 1.29 is 18.7 Å². The second-order valence-corrected chi connectivity index (χ2v) is 7.39. The zero-order valence-electron chi connectivity index (χ0n) is 15.4. The van der Waals surface area contributed by atoms with Gasteiger partial charge in [-0.15, -0.1) is 10.2 Å². The van der Waals surface area contributed by atoms with Crippen molar-refractivity contribution in [1.82, 2.24) is 15.1 Å². The number of amides is 1. The van der Waals surface area contributed by atoms with E-state index >= 15 is 0 Å². The molecule has 1 atom stereocenters. The molecule has 1 saturated heterocycles. The highest BCUT2D eigenvalue weighted by atomic mass is 16.5. The monoisotopic (exact) mass is 351 g/mol. The van der Waals surface area contributed by atoms with E-state index in [0.717, 1.165) is 25.7 Å². The van der Waals surface area contributed by atoms with Crippen molar-refractivity contribution in [3.05, 3.63) is 11.8 Å². The standard InChI is InChI=1S/C18H29N3O4/c1-12(2)17-19-20-18(25-17)15-11-24-9-8-21(15)16(22)10-13-4-6-14(23-3)7-5-13/h12-15H,4-11H2,1-3H3. The van der Waals surface area contributed by atoms with E-state index in [4.69, 9.17) is 13.9 Å². The van der Waals surface area contributed by atoms with Crippen LogP contribution >= 0.6 is 0 Å². The molecule has 0 spiro atoms. The molecule has 1 aromatic rings. The first-order chi connectivity index (χ1) is 12.1. The molecule has 2 fully saturated rings. The molecule has 1 unspecified atom stereocenters. The van der Waals surface area contributed by atoms with Gasteiger partial charge in [-0.25, -0.2) is 0 Å². The third-order valence-electron chi connectivity index (χ3n) is 5.27. The van der Waals surface area contributed by atoms with Crippen LogP contribution in [-0.2, 0) is 14.3 Å². The molecule has 3 rings (SSSR count). The van der Waals surface area contributed by atoms with E-state index in [9.17, 15) is 4.79 Å². The van der Waals surface area contributed by atoms with Gasteiger partial charge in [0, 0.05) is 26.0 Å². The van der Waals surface area contributed by atoms with Gasteiger partial charge in [-0.05, 0) is 31.6 Å². The third kappa shape index (κ3) is 4.39. The van der Waals surface area contributed by atoms with E-state index < -0.39 is 0 Å².